The van der Waals surface area contributed by atoms with Crippen LogP contribution in [0.5, 0.6) is 0 Å². The predicted octanol–water partition coefficient (Wildman–Crippen LogP) is 1.75. The monoisotopic (exact) mass is 268 g/mol. The van der Waals surface area contributed by atoms with Crippen LogP contribution in [0.1, 0.15) is 24.8 Å². The smallest absolute Gasteiger partial charge is 0.224 e. The van der Waals surface area contributed by atoms with Gasteiger partial charge in [0.1, 0.15) is 11.6 Å². The maximum absolute atomic E-state index is 13.4. The van der Waals surface area contributed by atoms with Gasteiger partial charge < -0.3 is 11.1 Å². The lowest BCUT2D eigenvalue weighted by atomic mass is 10.0. The van der Waals surface area contributed by atoms with Gasteiger partial charge >= 0.3 is 0 Å². The zero-order valence-corrected chi connectivity index (χ0v) is 10.7. The Balaban J connectivity index is 1.88. The first kappa shape index (κ1) is 13.9. The first-order valence-electron chi connectivity index (χ1n) is 6.46. The first-order chi connectivity index (χ1) is 9.06. The normalized spacial score (nSPS) is 16.2. The Bertz CT molecular complexity index is 452. The molecule has 1 aliphatic rings. The first-order valence-corrected chi connectivity index (χ1v) is 6.46. The fraction of sp³-hybridized carbons (Fsp3) is 0.500. The molecule has 0 bridgehead atoms. The second kappa shape index (κ2) is 5.65. The third-order valence-electron chi connectivity index (χ3n) is 3.69. The number of carbonyl (C=O) groups is 1. The van der Waals surface area contributed by atoms with Crippen molar-refractivity contribution < 1.29 is 13.6 Å². The minimum absolute atomic E-state index is 0.123. The number of benzene rings is 1. The predicted molar refractivity (Wildman–Crippen MR) is 68.4 cm³/mol. The summed E-state index contributed by atoms with van der Waals surface area (Å²) >= 11 is 0. The number of nitrogens with one attached hydrogen (secondary N) is 1. The summed E-state index contributed by atoms with van der Waals surface area (Å²) in [4.78, 5) is 11.7. The van der Waals surface area contributed by atoms with E-state index in [2.05, 4.69) is 5.32 Å². The average molecular weight is 268 g/mol. The van der Waals surface area contributed by atoms with Gasteiger partial charge in [0.2, 0.25) is 5.91 Å². The molecule has 3 N–H and O–H groups in total. The summed E-state index contributed by atoms with van der Waals surface area (Å²) in [7, 11) is 0. The molecule has 1 saturated carbocycles. The molecule has 0 spiro atoms. The molecule has 0 saturated heterocycles. The molecular formula is C14H18F2N2O. The Labute approximate surface area is 111 Å². The number of hydrogen-bond donors (Lipinski definition) is 2. The SMILES string of the molecule is NCCC1(CNC(=O)Cc2c(F)cccc2F)CC1. The summed E-state index contributed by atoms with van der Waals surface area (Å²) in [6.07, 6.45) is 2.72. The molecule has 0 unspecified atom stereocenters. The summed E-state index contributed by atoms with van der Waals surface area (Å²) in [6.45, 7) is 1.14. The van der Waals surface area contributed by atoms with Crippen molar-refractivity contribution in [2.24, 2.45) is 11.1 Å². The number of rotatable bonds is 6. The van der Waals surface area contributed by atoms with Crippen LogP contribution in [0, 0.1) is 17.0 Å². The molecule has 1 aromatic carbocycles. The molecule has 1 aromatic rings. The molecule has 1 amide bonds. The van der Waals surface area contributed by atoms with Crippen molar-refractivity contribution >= 4 is 5.91 Å². The summed E-state index contributed by atoms with van der Waals surface area (Å²) in [5, 5.41) is 2.75. The van der Waals surface area contributed by atoms with Crippen LogP contribution in [0.2, 0.25) is 0 Å². The molecule has 19 heavy (non-hydrogen) atoms. The van der Waals surface area contributed by atoms with Crippen LogP contribution in [0.25, 0.3) is 0 Å². The van der Waals surface area contributed by atoms with E-state index in [1.165, 1.54) is 6.07 Å². The topological polar surface area (TPSA) is 55.1 Å². The Morgan fingerprint density at radius 2 is 1.95 bits per heavy atom. The third-order valence-corrected chi connectivity index (χ3v) is 3.69. The zero-order valence-electron chi connectivity index (χ0n) is 10.7. The van der Waals surface area contributed by atoms with Crippen LogP contribution < -0.4 is 11.1 Å². The standard InChI is InChI=1S/C14H18F2N2O/c15-11-2-1-3-12(16)10(11)8-13(19)18-9-14(4-5-14)6-7-17/h1-3H,4-9,17H2,(H,18,19). The molecule has 104 valence electrons. The van der Waals surface area contributed by atoms with E-state index in [4.69, 9.17) is 5.73 Å². The van der Waals surface area contributed by atoms with Crippen molar-refractivity contribution in [1.29, 1.82) is 0 Å². The number of hydrogen-bond acceptors (Lipinski definition) is 2. The fourth-order valence-electron chi connectivity index (χ4n) is 2.21. The van der Waals surface area contributed by atoms with Crippen LogP contribution in [-0.2, 0) is 11.2 Å². The highest BCUT2D eigenvalue weighted by Crippen LogP contribution is 2.47. The van der Waals surface area contributed by atoms with E-state index in [9.17, 15) is 13.6 Å². The van der Waals surface area contributed by atoms with E-state index in [1.807, 2.05) is 0 Å². The van der Waals surface area contributed by atoms with Crippen molar-refractivity contribution in [3.63, 3.8) is 0 Å². The highest BCUT2D eigenvalue weighted by atomic mass is 19.1. The van der Waals surface area contributed by atoms with Crippen molar-refractivity contribution in [3.05, 3.63) is 35.4 Å². The minimum Gasteiger partial charge on any atom is -0.355 e. The van der Waals surface area contributed by atoms with Crippen LogP contribution in [0.4, 0.5) is 8.78 Å². The summed E-state index contributed by atoms with van der Waals surface area (Å²) in [5.74, 6) is -1.72. The van der Waals surface area contributed by atoms with Crippen molar-refractivity contribution in [1.82, 2.24) is 5.32 Å². The van der Waals surface area contributed by atoms with Gasteiger partial charge in [0, 0.05) is 12.1 Å². The molecule has 1 aliphatic carbocycles. The van der Waals surface area contributed by atoms with Gasteiger partial charge in [-0.15, -0.1) is 0 Å². The van der Waals surface area contributed by atoms with Gasteiger partial charge in [-0.1, -0.05) is 6.07 Å². The van der Waals surface area contributed by atoms with Gasteiger partial charge in [0.05, 0.1) is 6.42 Å². The minimum atomic E-state index is -0.682. The fourth-order valence-corrected chi connectivity index (χ4v) is 2.21. The molecule has 0 radical (unpaired) electrons. The van der Waals surface area contributed by atoms with E-state index in [-0.39, 0.29) is 23.3 Å². The molecule has 0 heterocycles. The van der Waals surface area contributed by atoms with Crippen molar-refractivity contribution in [2.75, 3.05) is 13.1 Å². The van der Waals surface area contributed by atoms with Gasteiger partial charge in [0.25, 0.3) is 0 Å². The Morgan fingerprint density at radius 1 is 1.32 bits per heavy atom. The van der Waals surface area contributed by atoms with Gasteiger partial charge in [0.15, 0.2) is 0 Å². The maximum atomic E-state index is 13.4. The average Bonchev–Trinajstić information content (AvgIpc) is 3.13. The van der Waals surface area contributed by atoms with Gasteiger partial charge in [-0.25, -0.2) is 8.78 Å². The summed E-state index contributed by atoms with van der Waals surface area (Å²) < 4.78 is 26.8. The lowest BCUT2D eigenvalue weighted by molar-refractivity contribution is -0.120. The second-order valence-electron chi connectivity index (χ2n) is 5.19. The number of carbonyl (C=O) groups excluding carboxylic acids is 1. The van der Waals surface area contributed by atoms with Crippen LogP contribution >= 0.6 is 0 Å². The molecule has 0 atom stereocenters. The second-order valence-corrected chi connectivity index (χ2v) is 5.19. The maximum Gasteiger partial charge on any atom is 0.224 e. The van der Waals surface area contributed by atoms with Gasteiger partial charge in [-0.3, -0.25) is 4.79 Å². The van der Waals surface area contributed by atoms with Crippen LogP contribution in [-0.4, -0.2) is 19.0 Å². The summed E-state index contributed by atoms with van der Waals surface area (Å²) in [6, 6.07) is 3.59. The highest BCUT2D eigenvalue weighted by molar-refractivity contribution is 5.78. The van der Waals surface area contributed by atoms with Gasteiger partial charge in [-0.2, -0.15) is 0 Å². The molecule has 3 nitrogen and oxygen atoms in total. The molecule has 1 fully saturated rings. The van der Waals surface area contributed by atoms with Crippen LogP contribution in [0.3, 0.4) is 0 Å². The van der Waals surface area contributed by atoms with E-state index in [0.717, 1.165) is 31.4 Å². The highest BCUT2D eigenvalue weighted by Gasteiger charge is 2.41. The Morgan fingerprint density at radius 3 is 2.47 bits per heavy atom. The number of nitrogens with two attached hydrogens (primary N) is 1. The van der Waals surface area contributed by atoms with E-state index in [0.29, 0.717) is 13.1 Å². The quantitative estimate of drug-likeness (QED) is 0.826. The summed E-state index contributed by atoms with van der Waals surface area (Å²) in [5.41, 5.74) is 5.46. The zero-order chi connectivity index (χ0) is 13.9. The molecule has 5 heteroatoms. The lowest BCUT2D eigenvalue weighted by Crippen LogP contribution is -2.32. The largest absolute Gasteiger partial charge is 0.355 e. The lowest BCUT2D eigenvalue weighted by Gasteiger charge is -2.15. The molecular weight excluding hydrogens is 250 g/mol. The van der Waals surface area contributed by atoms with Gasteiger partial charge in [-0.05, 0) is 43.4 Å². The molecule has 0 aliphatic heterocycles. The van der Waals surface area contributed by atoms with E-state index >= 15 is 0 Å². The Hall–Kier alpha value is -1.49. The van der Waals surface area contributed by atoms with Crippen molar-refractivity contribution in [3.8, 4) is 0 Å². The molecule has 0 aromatic heterocycles. The molecule has 2 rings (SSSR count). The van der Waals surface area contributed by atoms with E-state index < -0.39 is 11.6 Å². The van der Waals surface area contributed by atoms with Crippen LogP contribution in [0.15, 0.2) is 18.2 Å². The third kappa shape index (κ3) is 3.50. The van der Waals surface area contributed by atoms with E-state index in [1.54, 1.807) is 0 Å². The number of amides is 1. The Kier molecular flexibility index (Phi) is 4.14. The van der Waals surface area contributed by atoms with Crippen molar-refractivity contribution in [2.45, 2.75) is 25.7 Å². The number of halogens is 2.